The Labute approximate surface area is 127 Å². The molecule has 116 valence electrons. The lowest BCUT2D eigenvalue weighted by atomic mass is 10.1. The summed E-state index contributed by atoms with van der Waals surface area (Å²) in [6.45, 7) is 0.720. The first-order valence-corrected chi connectivity index (χ1v) is 7.97. The second-order valence-corrected chi connectivity index (χ2v) is 5.70. The number of nitrogens with two attached hydrogens (primary N) is 1. The van der Waals surface area contributed by atoms with E-state index in [-0.39, 0.29) is 0 Å². The van der Waals surface area contributed by atoms with Crippen molar-refractivity contribution in [1.82, 2.24) is 5.32 Å². The molecular formula is C17H27N3O. The van der Waals surface area contributed by atoms with Crippen LogP contribution < -0.4 is 15.8 Å². The lowest BCUT2D eigenvalue weighted by molar-refractivity contribution is 0.414. The molecule has 0 unspecified atom stereocenters. The maximum absolute atomic E-state index is 5.98. The van der Waals surface area contributed by atoms with Crippen molar-refractivity contribution >= 4 is 5.96 Å². The van der Waals surface area contributed by atoms with Gasteiger partial charge in [0.25, 0.3) is 0 Å². The average Bonchev–Trinajstić information content (AvgIpc) is 2.76. The van der Waals surface area contributed by atoms with E-state index in [1.807, 2.05) is 12.1 Å². The van der Waals surface area contributed by atoms with Crippen LogP contribution in [0.15, 0.2) is 29.3 Å². The number of rotatable bonds is 5. The molecule has 0 radical (unpaired) electrons. The first-order valence-electron chi connectivity index (χ1n) is 7.97. The molecule has 1 aliphatic rings. The number of nitrogens with zero attached hydrogens (tertiary/aromatic N) is 1. The first-order chi connectivity index (χ1) is 10.3. The van der Waals surface area contributed by atoms with Crippen molar-refractivity contribution in [3.63, 3.8) is 0 Å². The number of benzene rings is 1. The van der Waals surface area contributed by atoms with Gasteiger partial charge in [-0.15, -0.1) is 0 Å². The summed E-state index contributed by atoms with van der Waals surface area (Å²) >= 11 is 0. The minimum atomic E-state index is 0.511. The fraction of sp³-hybridized carbons (Fsp3) is 0.588. The van der Waals surface area contributed by atoms with Crippen molar-refractivity contribution in [2.45, 2.75) is 51.0 Å². The number of methoxy groups -OCH3 is 1. The van der Waals surface area contributed by atoms with E-state index in [2.05, 4.69) is 22.4 Å². The zero-order chi connectivity index (χ0) is 14.9. The Balaban J connectivity index is 1.74. The highest BCUT2D eigenvalue weighted by Gasteiger charge is 2.11. The summed E-state index contributed by atoms with van der Waals surface area (Å²) in [4.78, 5) is 4.44. The van der Waals surface area contributed by atoms with Gasteiger partial charge >= 0.3 is 0 Å². The summed E-state index contributed by atoms with van der Waals surface area (Å²) in [7, 11) is 1.68. The van der Waals surface area contributed by atoms with Crippen LogP contribution >= 0.6 is 0 Å². The Hall–Kier alpha value is -1.71. The molecule has 1 fully saturated rings. The molecular weight excluding hydrogens is 262 g/mol. The van der Waals surface area contributed by atoms with Crippen molar-refractivity contribution in [2.24, 2.45) is 10.7 Å². The van der Waals surface area contributed by atoms with E-state index in [1.165, 1.54) is 44.1 Å². The van der Waals surface area contributed by atoms with Crippen LogP contribution in [0.4, 0.5) is 0 Å². The highest BCUT2D eigenvalue weighted by atomic mass is 16.5. The second kappa shape index (κ2) is 8.55. The highest BCUT2D eigenvalue weighted by Crippen LogP contribution is 2.17. The molecule has 0 spiro atoms. The minimum absolute atomic E-state index is 0.511. The van der Waals surface area contributed by atoms with Gasteiger partial charge in [-0.2, -0.15) is 0 Å². The molecule has 4 nitrogen and oxygen atoms in total. The van der Waals surface area contributed by atoms with E-state index < -0.39 is 0 Å². The molecule has 1 aromatic rings. The van der Waals surface area contributed by atoms with Gasteiger partial charge in [-0.1, -0.05) is 37.8 Å². The fourth-order valence-corrected chi connectivity index (χ4v) is 2.78. The van der Waals surface area contributed by atoms with Gasteiger partial charge in [0.15, 0.2) is 5.96 Å². The van der Waals surface area contributed by atoms with Crippen LogP contribution in [-0.4, -0.2) is 25.7 Å². The van der Waals surface area contributed by atoms with Crippen molar-refractivity contribution in [3.8, 4) is 5.75 Å². The molecule has 0 saturated heterocycles. The van der Waals surface area contributed by atoms with Gasteiger partial charge in [-0.05, 0) is 37.0 Å². The van der Waals surface area contributed by atoms with Crippen LogP contribution in [-0.2, 0) is 6.42 Å². The van der Waals surface area contributed by atoms with Crippen LogP contribution in [0.5, 0.6) is 5.75 Å². The quantitative estimate of drug-likeness (QED) is 0.498. The molecule has 2 rings (SSSR count). The molecule has 0 amide bonds. The third-order valence-corrected chi connectivity index (χ3v) is 4.05. The fourth-order valence-electron chi connectivity index (χ4n) is 2.78. The maximum atomic E-state index is 5.98. The van der Waals surface area contributed by atoms with Gasteiger partial charge in [0.05, 0.1) is 7.11 Å². The molecule has 0 heterocycles. The Kier molecular flexibility index (Phi) is 6.38. The van der Waals surface area contributed by atoms with Crippen LogP contribution in [0.3, 0.4) is 0 Å². The van der Waals surface area contributed by atoms with Crippen LogP contribution in [0.25, 0.3) is 0 Å². The molecule has 1 aliphatic carbocycles. The molecule has 1 aromatic carbocycles. The molecule has 0 atom stereocenters. The van der Waals surface area contributed by atoms with Crippen LogP contribution in [0.2, 0.25) is 0 Å². The van der Waals surface area contributed by atoms with E-state index in [9.17, 15) is 0 Å². The first kappa shape index (κ1) is 15.7. The topological polar surface area (TPSA) is 59.6 Å². The van der Waals surface area contributed by atoms with Crippen LogP contribution in [0.1, 0.15) is 44.1 Å². The Morgan fingerprint density at radius 1 is 1.19 bits per heavy atom. The Bertz CT molecular complexity index is 434. The summed E-state index contributed by atoms with van der Waals surface area (Å²) in [5.74, 6) is 1.48. The summed E-state index contributed by atoms with van der Waals surface area (Å²) in [6, 6.07) is 8.61. The van der Waals surface area contributed by atoms with E-state index in [0.29, 0.717) is 12.0 Å². The summed E-state index contributed by atoms with van der Waals surface area (Å²) < 4.78 is 5.15. The number of hydrogen-bond donors (Lipinski definition) is 2. The largest absolute Gasteiger partial charge is 0.497 e. The molecule has 21 heavy (non-hydrogen) atoms. The number of aliphatic imine (C=N–C) groups is 1. The monoisotopic (exact) mass is 289 g/mol. The predicted molar refractivity (Wildman–Crippen MR) is 87.8 cm³/mol. The summed E-state index contributed by atoms with van der Waals surface area (Å²) in [5, 5.41) is 3.37. The zero-order valence-corrected chi connectivity index (χ0v) is 13.0. The normalized spacial score (nSPS) is 17.3. The summed E-state index contributed by atoms with van der Waals surface area (Å²) in [5.41, 5.74) is 7.24. The lowest BCUT2D eigenvalue weighted by Gasteiger charge is -2.16. The summed E-state index contributed by atoms with van der Waals surface area (Å²) in [6.07, 6.45) is 8.65. The number of hydrogen-bond acceptors (Lipinski definition) is 2. The van der Waals surface area contributed by atoms with Gasteiger partial charge in [-0.3, -0.25) is 4.99 Å². The third kappa shape index (κ3) is 5.66. The van der Waals surface area contributed by atoms with E-state index in [0.717, 1.165) is 18.7 Å². The van der Waals surface area contributed by atoms with E-state index >= 15 is 0 Å². The van der Waals surface area contributed by atoms with Gasteiger partial charge in [0.2, 0.25) is 0 Å². The van der Waals surface area contributed by atoms with Crippen molar-refractivity contribution < 1.29 is 4.74 Å². The maximum Gasteiger partial charge on any atom is 0.188 e. The van der Waals surface area contributed by atoms with Gasteiger partial charge in [0.1, 0.15) is 5.75 Å². The van der Waals surface area contributed by atoms with Crippen molar-refractivity contribution in [1.29, 1.82) is 0 Å². The lowest BCUT2D eigenvalue weighted by Crippen LogP contribution is -2.40. The van der Waals surface area contributed by atoms with Crippen molar-refractivity contribution in [3.05, 3.63) is 29.8 Å². The van der Waals surface area contributed by atoms with E-state index in [4.69, 9.17) is 10.5 Å². The predicted octanol–water partition coefficient (Wildman–Crippen LogP) is 2.86. The van der Waals surface area contributed by atoms with E-state index in [1.54, 1.807) is 7.11 Å². The number of guanidine groups is 1. The molecule has 1 saturated carbocycles. The molecule has 4 heteroatoms. The number of ether oxygens (including phenoxy) is 1. The third-order valence-electron chi connectivity index (χ3n) is 4.05. The van der Waals surface area contributed by atoms with Gasteiger partial charge < -0.3 is 15.8 Å². The minimum Gasteiger partial charge on any atom is -0.497 e. The Morgan fingerprint density at radius 2 is 1.86 bits per heavy atom. The zero-order valence-electron chi connectivity index (χ0n) is 13.0. The molecule has 0 aromatic heterocycles. The average molecular weight is 289 g/mol. The standard InChI is InChI=1S/C17H27N3O/c1-21-16-10-8-14(9-11-16)12-13-19-17(18)20-15-6-4-2-3-5-7-15/h8-11,15H,2-7,12-13H2,1H3,(H3,18,19,20). The smallest absolute Gasteiger partial charge is 0.188 e. The SMILES string of the molecule is COc1ccc(CCN=C(N)NC2CCCCCC2)cc1. The second-order valence-electron chi connectivity index (χ2n) is 5.70. The Morgan fingerprint density at radius 3 is 2.48 bits per heavy atom. The molecule has 0 aliphatic heterocycles. The molecule has 0 bridgehead atoms. The van der Waals surface area contributed by atoms with Crippen LogP contribution in [0, 0.1) is 0 Å². The molecule has 3 N–H and O–H groups in total. The van der Waals surface area contributed by atoms with Gasteiger partial charge in [-0.25, -0.2) is 0 Å². The van der Waals surface area contributed by atoms with Gasteiger partial charge in [0, 0.05) is 12.6 Å². The highest BCUT2D eigenvalue weighted by molar-refractivity contribution is 5.78. The van der Waals surface area contributed by atoms with Crippen molar-refractivity contribution in [2.75, 3.05) is 13.7 Å². The number of nitrogens with one attached hydrogen (secondary N) is 1.